The molecule has 0 aliphatic rings. The maximum Gasteiger partial charge on any atom is 0.259 e. The fourth-order valence-electron chi connectivity index (χ4n) is 2.00. The predicted octanol–water partition coefficient (Wildman–Crippen LogP) is 2.35. The zero-order valence-electron chi connectivity index (χ0n) is 11.8. The lowest BCUT2D eigenvalue weighted by molar-refractivity contribution is 0.100. The Bertz CT molecular complexity index is 696. The van der Waals surface area contributed by atoms with Gasteiger partial charge in [0.15, 0.2) is 0 Å². The average molecular weight is 284 g/mol. The number of nitrogens with one attached hydrogen (secondary N) is 1. The van der Waals surface area contributed by atoms with Gasteiger partial charge in [-0.25, -0.2) is 0 Å². The second-order valence-electron chi connectivity index (χ2n) is 4.57. The molecule has 2 amide bonds. The van der Waals surface area contributed by atoms with Gasteiger partial charge in [-0.2, -0.15) is 0 Å². The molecule has 108 valence electrons. The topological polar surface area (TPSA) is 81.4 Å². The molecule has 3 N–H and O–H groups in total. The van der Waals surface area contributed by atoms with E-state index >= 15 is 0 Å². The minimum absolute atomic E-state index is 0.267. The standard InChI is InChI=1S/C16H16N2O3/c1-10-7-8-11(15(17)19)13(9-10)18-16(20)12-5-3-4-6-14(12)21-2/h3-9H,1-2H3,(H2,17,19)(H,18,20). The Kier molecular flexibility index (Phi) is 4.23. The maximum atomic E-state index is 12.3. The number of benzene rings is 2. The van der Waals surface area contributed by atoms with E-state index in [1.54, 1.807) is 42.5 Å². The van der Waals surface area contributed by atoms with Crippen LogP contribution in [0.2, 0.25) is 0 Å². The van der Waals surface area contributed by atoms with E-state index in [9.17, 15) is 9.59 Å². The van der Waals surface area contributed by atoms with Crippen molar-refractivity contribution in [3.8, 4) is 5.75 Å². The van der Waals surface area contributed by atoms with E-state index < -0.39 is 5.91 Å². The van der Waals surface area contributed by atoms with Gasteiger partial charge in [0.05, 0.1) is 23.9 Å². The number of hydrogen-bond donors (Lipinski definition) is 2. The number of hydrogen-bond acceptors (Lipinski definition) is 3. The summed E-state index contributed by atoms with van der Waals surface area (Å²) in [4.78, 5) is 23.8. The van der Waals surface area contributed by atoms with Gasteiger partial charge < -0.3 is 15.8 Å². The van der Waals surface area contributed by atoms with Crippen LogP contribution in [0.3, 0.4) is 0 Å². The Morgan fingerprint density at radius 3 is 2.48 bits per heavy atom. The number of methoxy groups -OCH3 is 1. The molecule has 21 heavy (non-hydrogen) atoms. The summed E-state index contributed by atoms with van der Waals surface area (Å²) in [5.41, 5.74) is 7.27. The van der Waals surface area contributed by atoms with Crippen LogP contribution in [-0.4, -0.2) is 18.9 Å². The van der Waals surface area contributed by atoms with Crippen molar-refractivity contribution in [3.63, 3.8) is 0 Å². The highest BCUT2D eigenvalue weighted by Gasteiger charge is 2.15. The van der Waals surface area contributed by atoms with Gasteiger partial charge in [0.2, 0.25) is 0 Å². The lowest BCUT2D eigenvalue weighted by Gasteiger charge is -2.12. The Balaban J connectivity index is 2.36. The van der Waals surface area contributed by atoms with Crippen molar-refractivity contribution in [2.75, 3.05) is 12.4 Å². The first-order valence-electron chi connectivity index (χ1n) is 6.37. The largest absolute Gasteiger partial charge is 0.496 e. The molecule has 0 aromatic heterocycles. The highest BCUT2D eigenvalue weighted by Crippen LogP contribution is 2.22. The van der Waals surface area contributed by atoms with Gasteiger partial charge in [0.1, 0.15) is 5.75 Å². The van der Waals surface area contributed by atoms with Crippen molar-refractivity contribution in [2.24, 2.45) is 5.73 Å². The number of primary amides is 1. The zero-order chi connectivity index (χ0) is 15.4. The fraction of sp³-hybridized carbons (Fsp3) is 0.125. The fourth-order valence-corrected chi connectivity index (χ4v) is 2.00. The van der Waals surface area contributed by atoms with E-state index in [0.29, 0.717) is 17.0 Å². The number of para-hydroxylation sites is 1. The van der Waals surface area contributed by atoms with E-state index in [2.05, 4.69) is 5.32 Å². The minimum Gasteiger partial charge on any atom is -0.496 e. The summed E-state index contributed by atoms with van der Waals surface area (Å²) in [5, 5.41) is 2.70. The van der Waals surface area contributed by atoms with Gasteiger partial charge in [-0.3, -0.25) is 9.59 Å². The second-order valence-corrected chi connectivity index (χ2v) is 4.57. The molecule has 0 atom stereocenters. The molecule has 0 saturated carbocycles. The van der Waals surface area contributed by atoms with Crippen LogP contribution < -0.4 is 15.8 Å². The summed E-state index contributed by atoms with van der Waals surface area (Å²) in [6, 6.07) is 11.9. The van der Waals surface area contributed by atoms with Gasteiger partial charge in [-0.05, 0) is 36.8 Å². The van der Waals surface area contributed by atoms with Gasteiger partial charge in [-0.1, -0.05) is 18.2 Å². The van der Waals surface area contributed by atoms with E-state index in [4.69, 9.17) is 10.5 Å². The molecular weight excluding hydrogens is 268 g/mol. The van der Waals surface area contributed by atoms with Crippen LogP contribution in [-0.2, 0) is 0 Å². The van der Waals surface area contributed by atoms with Crippen molar-refractivity contribution in [1.29, 1.82) is 0 Å². The molecule has 2 aromatic carbocycles. The van der Waals surface area contributed by atoms with Gasteiger partial charge in [0, 0.05) is 0 Å². The number of ether oxygens (including phenoxy) is 1. The molecule has 0 fully saturated rings. The van der Waals surface area contributed by atoms with E-state index in [1.165, 1.54) is 7.11 Å². The Morgan fingerprint density at radius 2 is 1.81 bits per heavy atom. The molecule has 0 aliphatic carbocycles. The van der Waals surface area contributed by atoms with E-state index in [0.717, 1.165) is 5.56 Å². The summed E-state index contributed by atoms with van der Waals surface area (Å²) in [6.07, 6.45) is 0. The first-order valence-corrected chi connectivity index (χ1v) is 6.37. The third kappa shape index (κ3) is 3.20. The van der Waals surface area contributed by atoms with Gasteiger partial charge in [-0.15, -0.1) is 0 Å². The SMILES string of the molecule is COc1ccccc1C(=O)Nc1cc(C)ccc1C(N)=O. The smallest absolute Gasteiger partial charge is 0.259 e. The van der Waals surface area contributed by atoms with Crippen LogP contribution in [0.25, 0.3) is 0 Å². The third-order valence-corrected chi connectivity index (χ3v) is 3.04. The third-order valence-electron chi connectivity index (χ3n) is 3.04. The number of carbonyl (C=O) groups excluding carboxylic acids is 2. The normalized spacial score (nSPS) is 10.0. The minimum atomic E-state index is -0.592. The number of carbonyl (C=O) groups is 2. The van der Waals surface area contributed by atoms with Gasteiger partial charge in [0.25, 0.3) is 11.8 Å². The zero-order valence-corrected chi connectivity index (χ0v) is 11.8. The van der Waals surface area contributed by atoms with Crippen molar-refractivity contribution < 1.29 is 14.3 Å². The van der Waals surface area contributed by atoms with E-state index in [1.807, 2.05) is 6.92 Å². The number of nitrogens with two attached hydrogens (primary N) is 1. The maximum absolute atomic E-state index is 12.3. The van der Waals surface area contributed by atoms with E-state index in [-0.39, 0.29) is 11.5 Å². The summed E-state index contributed by atoms with van der Waals surface area (Å²) in [6.45, 7) is 1.86. The Hall–Kier alpha value is -2.82. The predicted molar refractivity (Wildman–Crippen MR) is 80.6 cm³/mol. The number of aryl methyl sites for hydroxylation is 1. The summed E-state index contributed by atoms with van der Waals surface area (Å²) >= 11 is 0. The molecule has 0 saturated heterocycles. The number of amides is 2. The monoisotopic (exact) mass is 284 g/mol. The molecule has 2 aromatic rings. The molecule has 0 radical (unpaired) electrons. The van der Waals surface area contributed by atoms with Crippen LogP contribution in [0, 0.1) is 6.92 Å². The van der Waals surface area contributed by atoms with Crippen LogP contribution >= 0.6 is 0 Å². The molecule has 5 nitrogen and oxygen atoms in total. The highest BCUT2D eigenvalue weighted by atomic mass is 16.5. The number of anilines is 1. The Labute approximate surface area is 122 Å². The van der Waals surface area contributed by atoms with Crippen LogP contribution in [0.5, 0.6) is 5.75 Å². The van der Waals surface area contributed by atoms with Crippen LogP contribution in [0.4, 0.5) is 5.69 Å². The first kappa shape index (κ1) is 14.6. The van der Waals surface area contributed by atoms with Crippen molar-refractivity contribution in [1.82, 2.24) is 0 Å². The quantitative estimate of drug-likeness (QED) is 0.904. The molecular formula is C16H16N2O3. The van der Waals surface area contributed by atoms with Crippen molar-refractivity contribution in [3.05, 3.63) is 59.2 Å². The molecule has 0 aliphatic heterocycles. The Morgan fingerprint density at radius 1 is 1.10 bits per heavy atom. The molecule has 0 bridgehead atoms. The average Bonchev–Trinajstić information content (AvgIpc) is 2.46. The van der Waals surface area contributed by atoms with Crippen molar-refractivity contribution >= 4 is 17.5 Å². The van der Waals surface area contributed by atoms with Crippen LogP contribution in [0.15, 0.2) is 42.5 Å². The summed E-state index contributed by atoms with van der Waals surface area (Å²) in [5.74, 6) is -0.492. The molecule has 0 unspecified atom stereocenters. The summed E-state index contributed by atoms with van der Waals surface area (Å²) in [7, 11) is 1.49. The second kappa shape index (κ2) is 6.09. The first-order chi connectivity index (χ1) is 10.0. The molecule has 0 spiro atoms. The lowest BCUT2D eigenvalue weighted by Crippen LogP contribution is -2.18. The molecule has 0 heterocycles. The number of rotatable bonds is 4. The lowest BCUT2D eigenvalue weighted by atomic mass is 10.1. The molecule has 2 rings (SSSR count). The highest BCUT2D eigenvalue weighted by molar-refractivity contribution is 6.10. The summed E-state index contributed by atoms with van der Waals surface area (Å²) < 4.78 is 5.15. The van der Waals surface area contributed by atoms with Crippen molar-refractivity contribution in [2.45, 2.75) is 6.92 Å². The van der Waals surface area contributed by atoms with Gasteiger partial charge >= 0.3 is 0 Å². The molecule has 5 heteroatoms. The van der Waals surface area contributed by atoms with Crippen LogP contribution in [0.1, 0.15) is 26.3 Å².